The van der Waals surface area contributed by atoms with Crippen LogP contribution in [0.1, 0.15) is 61.9 Å². The van der Waals surface area contributed by atoms with Crippen molar-refractivity contribution in [2.45, 2.75) is 39.5 Å². The number of benzene rings is 7. The van der Waals surface area contributed by atoms with Crippen LogP contribution in [0, 0.1) is 0 Å². The first-order valence-electron chi connectivity index (χ1n) is 19.3. The van der Waals surface area contributed by atoms with Crippen molar-refractivity contribution in [2.75, 3.05) is 0 Å². The van der Waals surface area contributed by atoms with Gasteiger partial charge in [-0.15, -0.1) is 0 Å². The number of allylic oxidation sites excluding steroid dienone is 3. The van der Waals surface area contributed by atoms with Crippen molar-refractivity contribution in [3.63, 3.8) is 0 Å². The summed E-state index contributed by atoms with van der Waals surface area (Å²) in [5.74, 6) is 0. The molecule has 0 amide bonds. The third kappa shape index (κ3) is 6.24. The monoisotopic (exact) mass is 709 g/mol. The van der Waals surface area contributed by atoms with E-state index in [2.05, 4.69) is 185 Å². The largest absolute Gasteiger partial charge is 0.455 e. The van der Waals surface area contributed by atoms with Gasteiger partial charge < -0.3 is 4.42 Å². The van der Waals surface area contributed by atoms with Crippen LogP contribution in [0.4, 0.5) is 0 Å². The standard InChI is InChI=1S/C53H43NO/c1-5-14-41(42-31-32-45-44-17-9-11-21-48(44)53(3,4)49(45)33-42)34-50(54-35(2)36-15-7-6-8-16-36)40-29-25-38(26-30-40)37-23-27-39(28-24-37)43-19-13-20-47-46-18-10-12-22-51(46)55-52(43)47/h6-34H,5H2,1-4H3/b41-14-,50-34-,54-35?. The zero-order valence-electron chi connectivity index (χ0n) is 31.8. The average molecular weight is 710 g/mol. The van der Waals surface area contributed by atoms with Crippen LogP contribution in [-0.4, -0.2) is 5.71 Å². The molecule has 0 fully saturated rings. The van der Waals surface area contributed by atoms with Crippen LogP contribution >= 0.6 is 0 Å². The van der Waals surface area contributed by atoms with Crippen LogP contribution in [0.3, 0.4) is 0 Å². The summed E-state index contributed by atoms with van der Waals surface area (Å²) in [6.07, 6.45) is 5.52. The first-order valence-corrected chi connectivity index (χ1v) is 19.3. The Morgan fingerprint density at radius 2 is 1.18 bits per heavy atom. The molecule has 8 aromatic rings. The van der Waals surface area contributed by atoms with Gasteiger partial charge in [-0.3, -0.25) is 4.99 Å². The summed E-state index contributed by atoms with van der Waals surface area (Å²) in [6.45, 7) is 8.99. The molecule has 0 atom stereocenters. The lowest BCUT2D eigenvalue weighted by molar-refractivity contribution is 0.660. The molecular weight excluding hydrogens is 667 g/mol. The normalized spacial score (nSPS) is 14.0. The maximum atomic E-state index is 6.34. The SMILES string of the molecule is CC/C=C(/C=C(\N=C(C)c1ccccc1)c1ccc(-c2ccc(-c3cccc4c3oc3ccccc34)cc2)cc1)c1ccc2c(c1)C(C)(C)c1ccccc1-2. The molecule has 1 aromatic heterocycles. The predicted octanol–water partition coefficient (Wildman–Crippen LogP) is 14.6. The zero-order valence-corrected chi connectivity index (χ0v) is 31.8. The van der Waals surface area contributed by atoms with Gasteiger partial charge in [-0.1, -0.05) is 179 Å². The minimum absolute atomic E-state index is 0.0668. The maximum Gasteiger partial charge on any atom is 0.143 e. The molecule has 7 aromatic carbocycles. The Morgan fingerprint density at radius 1 is 0.564 bits per heavy atom. The molecule has 0 saturated heterocycles. The molecule has 1 heterocycles. The van der Waals surface area contributed by atoms with E-state index in [1.165, 1.54) is 33.4 Å². The number of hydrogen-bond donors (Lipinski definition) is 0. The number of furan rings is 1. The highest BCUT2D eigenvalue weighted by Gasteiger charge is 2.35. The van der Waals surface area contributed by atoms with E-state index in [0.717, 1.165) is 73.1 Å². The second kappa shape index (κ2) is 14.0. The maximum absolute atomic E-state index is 6.34. The number of para-hydroxylation sites is 2. The molecule has 2 heteroatoms. The van der Waals surface area contributed by atoms with Crippen LogP contribution < -0.4 is 0 Å². The molecule has 0 N–H and O–H groups in total. The molecule has 1 aliphatic rings. The van der Waals surface area contributed by atoms with Crippen LogP contribution in [0.15, 0.2) is 185 Å². The first-order chi connectivity index (χ1) is 26.9. The van der Waals surface area contributed by atoms with E-state index >= 15 is 0 Å². The van der Waals surface area contributed by atoms with Crippen LogP contribution in [-0.2, 0) is 5.41 Å². The quantitative estimate of drug-likeness (QED) is 0.114. The van der Waals surface area contributed by atoms with Crippen molar-refractivity contribution in [3.8, 4) is 33.4 Å². The van der Waals surface area contributed by atoms with Gasteiger partial charge >= 0.3 is 0 Å². The number of fused-ring (bicyclic) bond motifs is 6. The van der Waals surface area contributed by atoms with Gasteiger partial charge in [0.2, 0.25) is 0 Å². The van der Waals surface area contributed by atoms with Crippen molar-refractivity contribution < 1.29 is 4.42 Å². The van der Waals surface area contributed by atoms with Gasteiger partial charge in [-0.2, -0.15) is 0 Å². The van der Waals surface area contributed by atoms with Crippen molar-refractivity contribution in [1.29, 1.82) is 0 Å². The van der Waals surface area contributed by atoms with E-state index in [1.807, 2.05) is 18.2 Å². The Hall–Kier alpha value is -6.51. The predicted molar refractivity (Wildman–Crippen MR) is 233 cm³/mol. The van der Waals surface area contributed by atoms with Crippen molar-refractivity contribution in [3.05, 3.63) is 204 Å². The molecule has 0 unspecified atom stereocenters. The Kier molecular flexibility index (Phi) is 8.75. The molecular formula is C53H43NO. The highest BCUT2D eigenvalue weighted by atomic mass is 16.3. The lowest BCUT2D eigenvalue weighted by atomic mass is 9.81. The smallest absolute Gasteiger partial charge is 0.143 e. The summed E-state index contributed by atoms with van der Waals surface area (Å²) in [6, 6.07) is 58.6. The molecule has 0 radical (unpaired) electrons. The Balaban J connectivity index is 1.07. The fourth-order valence-electron chi connectivity index (χ4n) is 8.27. The first kappa shape index (κ1) is 34.3. The average Bonchev–Trinajstić information content (AvgIpc) is 3.72. The molecule has 0 spiro atoms. The third-order valence-electron chi connectivity index (χ3n) is 11.2. The Morgan fingerprint density at radius 3 is 1.96 bits per heavy atom. The van der Waals surface area contributed by atoms with Gasteiger partial charge in [0.15, 0.2) is 0 Å². The molecule has 9 rings (SSSR count). The molecule has 0 aliphatic heterocycles. The van der Waals surface area contributed by atoms with E-state index in [9.17, 15) is 0 Å². The Bertz CT molecular complexity index is 2790. The summed E-state index contributed by atoms with van der Waals surface area (Å²) in [7, 11) is 0. The molecule has 2 nitrogen and oxygen atoms in total. The van der Waals surface area contributed by atoms with Gasteiger partial charge in [0.25, 0.3) is 0 Å². The molecule has 266 valence electrons. The van der Waals surface area contributed by atoms with Crippen LogP contribution in [0.25, 0.3) is 66.6 Å². The molecule has 55 heavy (non-hydrogen) atoms. The summed E-state index contributed by atoms with van der Waals surface area (Å²) in [5.41, 5.74) is 18.2. The molecule has 1 aliphatic carbocycles. The topological polar surface area (TPSA) is 25.5 Å². The highest BCUT2D eigenvalue weighted by Crippen LogP contribution is 2.49. The lowest BCUT2D eigenvalue weighted by Crippen LogP contribution is -2.15. The summed E-state index contributed by atoms with van der Waals surface area (Å²) >= 11 is 0. The summed E-state index contributed by atoms with van der Waals surface area (Å²) in [5, 5.41) is 2.29. The molecule has 0 saturated carbocycles. The van der Waals surface area contributed by atoms with Crippen molar-refractivity contribution in [2.24, 2.45) is 4.99 Å². The number of hydrogen-bond acceptors (Lipinski definition) is 2. The van der Waals surface area contributed by atoms with E-state index < -0.39 is 0 Å². The van der Waals surface area contributed by atoms with Crippen molar-refractivity contribution >= 4 is 38.9 Å². The van der Waals surface area contributed by atoms with Crippen LogP contribution in [0.5, 0.6) is 0 Å². The van der Waals surface area contributed by atoms with Gasteiger partial charge in [-0.25, -0.2) is 0 Å². The number of nitrogens with zero attached hydrogens (tertiary/aromatic N) is 1. The fourth-order valence-corrected chi connectivity index (χ4v) is 8.27. The second-order valence-electron chi connectivity index (χ2n) is 15.0. The van der Waals surface area contributed by atoms with Gasteiger partial charge in [0.05, 0.1) is 5.70 Å². The van der Waals surface area contributed by atoms with Crippen molar-refractivity contribution in [1.82, 2.24) is 0 Å². The van der Waals surface area contributed by atoms with E-state index in [4.69, 9.17) is 9.41 Å². The Labute approximate surface area is 323 Å². The number of rotatable bonds is 8. The third-order valence-corrected chi connectivity index (χ3v) is 11.2. The van der Waals surface area contributed by atoms with Gasteiger partial charge in [-0.05, 0) is 87.2 Å². The second-order valence-corrected chi connectivity index (χ2v) is 15.0. The molecule has 0 bridgehead atoms. The lowest BCUT2D eigenvalue weighted by Gasteiger charge is -2.22. The minimum atomic E-state index is -0.0668. The van der Waals surface area contributed by atoms with Crippen LogP contribution in [0.2, 0.25) is 0 Å². The summed E-state index contributed by atoms with van der Waals surface area (Å²) < 4.78 is 6.34. The minimum Gasteiger partial charge on any atom is -0.455 e. The summed E-state index contributed by atoms with van der Waals surface area (Å²) in [4.78, 5) is 5.31. The highest BCUT2D eigenvalue weighted by molar-refractivity contribution is 6.09. The van der Waals surface area contributed by atoms with Gasteiger partial charge in [0, 0.05) is 33.0 Å². The van der Waals surface area contributed by atoms with E-state index in [0.29, 0.717) is 0 Å². The van der Waals surface area contributed by atoms with E-state index in [1.54, 1.807) is 0 Å². The van der Waals surface area contributed by atoms with E-state index in [-0.39, 0.29) is 5.41 Å². The number of aliphatic imine (C=N–C) groups is 1. The zero-order chi connectivity index (χ0) is 37.5. The fraction of sp³-hybridized carbons (Fsp3) is 0.113. The van der Waals surface area contributed by atoms with Gasteiger partial charge in [0.1, 0.15) is 11.2 Å².